The van der Waals surface area contributed by atoms with Gasteiger partial charge >= 0.3 is 0 Å². The van der Waals surface area contributed by atoms with Crippen molar-refractivity contribution in [2.45, 2.75) is 19.5 Å². The molecule has 1 aromatic heterocycles. The quantitative estimate of drug-likeness (QED) is 0.686. The number of furan rings is 1. The normalized spacial score (nSPS) is 12.3. The predicted molar refractivity (Wildman–Crippen MR) is 102 cm³/mol. The van der Waals surface area contributed by atoms with Crippen LogP contribution in [0.3, 0.4) is 0 Å². The lowest BCUT2D eigenvalue weighted by molar-refractivity contribution is -0.122. The summed E-state index contributed by atoms with van der Waals surface area (Å²) >= 11 is 0. The molecule has 0 spiro atoms. The predicted octanol–water partition coefficient (Wildman–Crippen LogP) is 3.89. The number of nitrogens with one attached hydrogen (secondary N) is 1. The number of hydrogen-bond donors (Lipinski definition) is 1. The number of halogens is 1. The highest BCUT2D eigenvalue weighted by Gasteiger charge is 2.15. The highest BCUT2D eigenvalue weighted by molar-refractivity contribution is 5.80. The van der Waals surface area contributed by atoms with E-state index in [2.05, 4.69) is 5.32 Å². The molecule has 3 aromatic rings. The summed E-state index contributed by atoms with van der Waals surface area (Å²) in [5.41, 5.74) is 1.57. The van der Waals surface area contributed by atoms with Crippen molar-refractivity contribution in [2.24, 2.45) is 0 Å². The largest absolute Gasteiger partial charge is 0.494 e. The van der Waals surface area contributed by atoms with E-state index < -0.39 is 5.82 Å². The summed E-state index contributed by atoms with van der Waals surface area (Å²) in [7, 11) is 3.24. The van der Waals surface area contributed by atoms with E-state index in [1.54, 1.807) is 12.1 Å². The maximum absolute atomic E-state index is 13.8. The standard InChI is InChI=1S/C21H23FN2O3/c1-14(20-11-16-6-4-5-7-18(16)27-20)23-21(25)13-24(2)12-15-8-9-19(26-3)17(22)10-15/h4-11,14H,12-13H2,1-3H3,(H,23,25)/t14-/m1/s1. The third-order valence-corrected chi connectivity index (χ3v) is 4.33. The SMILES string of the molecule is COc1ccc(CN(C)CC(=O)N[C@H](C)c2cc3ccccc3o2)cc1F. The zero-order valence-electron chi connectivity index (χ0n) is 15.7. The summed E-state index contributed by atoms with van der Waals surface area (Å²) < 4.78 is 24.5. The van der Waals surface area contributed by atoms with Gasteiger partial charge in [0.15, 0.2) is 11.6 Å². The Labute approximate surface area is 157 Å². The summed E-state index contributed by atoms with van der Waals surface area (Å²) in [5, 5.41) is 3.94. The highest BCUT2D eigenvalue weighted by Crippen LogP contribution is 2.23. The zero-order valence-corrected chi connectivity index (χ0v) is 15.7. The summed E-state index contributed by atoms with van der Waals surface area (Å²) in [6.45, 7) is 2.53. The van der Waals surface area contributed by atoms with Crippen LogP contribution in [0.4, 0.5) is 4.39 Å². The summed E-state index contributed by atoms with van der Waals surface area (Å²) in [6.07, 6.45) is 0. The molecule has 0 aliphatic heterocycles. The van der Waals surface area contributed by atoms with Crippen molar-refractivity contribution in [3.8, 4) is 5.75 Å². The molecule has 0 fully saturated rings. The molecule has 0 aliphatic rings. The van der Waals surface area contributed by atoms with Crippen LogP contribution in [0, 0.1) is 5.82 Å². The summed E-state index contributed by atoms with van der Waals surface area (Å²) in [4.78, 5) is 14.1. The Morgan fingerprint density at radius 2 is 2.04 bits per heavy atom. The van der Waals surface area contributed by atoms with Crippen LogP contribution in [0.2, 0.25) is 0 Å². The van der Waals surface area contributed by atoms with Crippen LogP contribution in [0.25, 0.3) is 11.0 Å². The van der Waals surface area contributed by atoms with Gasteiger partial charge in [0.05, 0.1) is 19.7 Å². The second-order valence-corrected chi connectivity index (χ2v) is 6.62. The number of benzene rings is 2. The topological polar surface area (TPSA) is 54.7 Å². The van der Waals surface area contributed by atoms with Crippen molar-refractivity contribution < 1.29 is 18.3 Å². The van der Waals surface area contributed by atoms with Crippen LogP contribution in [0.5, 0.6) is 5.75 Å². The van der Waals surface area contributed by atoms with Crippen molar-refractivity contribution >= 4 is 16.9 Å². The van der Waals surface area contributed by atoms with E-state index in [0.717, 1.165) is 16.5 Å². The minimum Gasteiger partial charge on any atom is -0.494 e. The minimum absolute atomic E-state index is 0.126. The van der Waals surface area contributed by atoms with Crippen LogP contribution in [-0.2, 0) is 11.3 Å². The van der Waals surface area contributed by atoms with Crippen molar-refractivity contribution in [1.29, 1.82) is 0 Å². The van der Waals surface area contributed by atoms with Crippen molar-refractivity contribution in [2.75, 3.05) is 20.7 Å². The number of hydrogen-bond acceptors (Lipinski definition) is 4. The molecule has 0 aliphatic carbocycles. The first-order chi connectivity index (χ1) is 13.0. The molecular formula is C21H23FN2O3. The summed E-state index contributed by atoms with van der Waals surface area (Å²) in [5.74, 6) is 0.383. The molecule has 5 nitrogen and oxygen atoms in total. The Kier molecular flexibility index (Phi) is 5.76. The molecule has 0 bridgehead atoms. The molecule has 2 aromatic carbocycles. The van der Waals surface area contributed by atoms with E-state index in [-0.39, 0.29) is 24.2 Å². The van der Waals surface area contributed by atoms with Crippen molar-refractivity contribution in [1.82, 2.24) is 10.2 Å². The number of rotatable bonds is 7. The van der Waals surface area contributed by atoms with Gasteiger partial charge in [-0.25, -0.2) is 4.39 Å². The Morgan fingerprint density at radius 1 is 1.26 bits per heavy atom. The van der Waals surface area contributed by atoms with Crippen LogP contribution >= 0.6 is 0 Å². The number of ether oxygens (including phenoxy) is 1. The van der Waals surface area contributed by atoms with Gasteiger partial charge in [0.1, 0.15) is 11.3 Å². The second kappa shape index (κ2) is 8.22. The molecule has 0 saturated carbocycles. The number of methoxy groups -OCH3 is 1. The van der Waals surface area contributed by atoms with E-state index in [1.807, 2.05) is 49.2 Å². The van der Waals surface area contributed by atoms with Crippen LogP contribution in [0.1, 0.15) is 24.3 Å². The molecular weight excluding hydrogens is 347 g/mol. The number of fused-ring (bicyclic) bond motifs is 1. The van der Waals surface area contributed by atoms with Gasteiger partial charge in [0.2, 0.25) is 5.91 Å². The summed E-state index contributed by atoms with van der Waals surface area (Å²) in [6, 6.07) is 14.2. The average Bonchev–Trinajstić information content (AvgIpc) is 3.06. The lowest BCUT2D eigenvalue weighted by Crippen LogP contribution is -2.36. The van der Waals surface area contributed by atoms with Crippen LogP contribution in [-0.4, -0.2) is 31.5 Å². The van der Waals surface area contributed by atoms with Gasteiger partial charge in [-0.05, 0) is 43.8 Å². The number of amides is 1. The maximum atomic E-state index is 13.8. The van der Waals surface area contributed by atoms with Crippen LogP contribution in [0.15, 0.2) is 52.9 Å². The number of carbonyl (C=O) groups is 1. The van der Waals surface area contributed by atoms with Crippen molar-refractivity contribution in [3.63, 3.8) is 0 Å². The molecule has 0 unspecified atom stereocenters. The van der Waals surface area contributed by atoms with Gasteiger partial charge < -0.3 is 14.5 Å². The first-order valence-electron chi connectivity index (χ1n) is 8.75. The van der Waals surface area contributed by atoms with E-state index >= 15 is 0 Å². The third kappa shape index (κ3) is 4.65. The van der Waals surface area contributed by atoms with Crippen molar-refractivity contribution in [3.05, 3.63) is 65.7 Å². The molecule has 0 radical (unpaired) electrons. The molecule has 0 saturated heterocycles. The lowest BCUT2D eigenvalue weighted by atomic mass is 10.2. The molecule has 142 valence electrons. The Hall–Kier alpha value is -2.86. The van der Waals surface area contributed by atoms with E-state index in [4.69, 9.17) is 9.15 Å². The van der Waals surface area contributed by atoms with Gasteiger partial charge in [0.25, 0.3) is 0 Å². The lowest BCUT2D eigenvalue weighted by Gasteiger charge is -2.18. The van der Waals surface area contributed by atoms with Gasteiger partial charge in [0, 0.05) is 11.9 Å². The number of likely N-dealkylation sites (N-methyl/N-ethyl adjacent to an activating group) is 1. The van der Waals surface area contributed by atoms with Gasteiger partial charge in [-0.1, -0.05) is 24.3 Å². The van der Waals surface area contributed by atoms with Gasteiger partial charge in [-0.15, -0.1) is 0 Å². The number of para-hydroxylation sites is 1. The monoisotopic (exact) mass is 370 g/mol. The van der Waals surface area contributed by atoms with E-state index in [1.165, 1.54) is 13.2 Å². The highest BCUT2D eigenvalue weighted by atomic mass is 19.1. The van der Waals surface area contributed by atoms with Gasteiger partial charge in [-0.2, -0.15) is 0 Å². The fourth-order valence-corrected chi connectivity index (χ4v) is 3.00. The molecule has 1 atom stereocenters. The van der Waals surface area contributed by atoms with Crippen LogP contribution < -0.4 is 10.1 Å². The fraction of sp³-hybridized carbons (Fsp3) is 0.286. The molecule has 3 rings (SSSR count). The molecule has 1 amide bonds. The first-order valence-corrected chi connectivity index (χ1v) is 8.75. The zero-order chi connectivity index (χ0) is 19.4. The molecule has 1 N–H and O–H groups in total. The van der Waals surface area contributed by atoms with E-state index in [9.17, 15) is 9.18 Å². The fourth-order valence-electron chi connectivity index (χ4n) is 3.00. The number of nitrogens with zero attached hydrogens (tertiary/aromatic N) is 1. The molecule has 27 heavy (non-hydrogen) atoms. The Bertz CT molecular complexity index is 905. The van der Waals surface area contributed by atoms with E-state index in [0.29, 0.717) is 12.3 Å². The maximum Gasteiger partial charge on any atom is 0.234 e. The number of carbonyl (C=O) groups excluding carboxylic acids is 1. The molecule has 6 heteroatoms. The first kappa shape index (κ1) is 18.9. The average molecular weight is 370 g/mol. The Balaban J connectivity index is 1.55. The smallest absolute Gasteiger partial charge is 0.234 e. The molecule has 1 heterocycles. The minimum atomic E-state index is -0.411. The van der Waals surface area contributed by atoms with Gasteiger partial charge in [-0.3, -0.25) is 9.69 Å². The third-order valence-electron chi connectivity index (χ3n) is 4.33. The Morgan fingerprint density at radius 3 is 2.74 bits per heavy atom. The second-order valence-electron chi connectivity index (χ2n) is 6.62.